The summed E-state index contributed by atoms with van der Waals surface area (Å²) < 4.78 is 7.47. The summed E-state index contributed by atoms with van der Waals surface area (Å²) in [6.45, 7) is 1.72. The molecule has 5 heterocycles. The molecule has 8 heteroatoms. The molecule has 28 heavy (non-hydrogen) atoms. The molecule has 1 atom stereocenters. The second-order valence-corrected chi connectivity index (χ2v) is 7.70. The second-order valence-electron chi connectivity index (χ2n) is 6.76. The Hall–Kier alpha value is -3.13. The van der Waals surface area contributed by atoms with E-state index in [4.69, 9.17) is 9.40 Å². The van der Waals surface area contributed by atoms with Crippen LogP contribution >= 0.6 is 11.3 Å². The Morgan fingerprint density at radius 1 is 1.29 bits per heavy atom. The Morgan fingerprint density at radius 2 is 2.25 bits per heavy atom. The van der Waals surface area contributed by atoms with Crippen LogP contribution in [0.3, 0.4) is 0 Å². The SMILES string of the molecule is O=C(NCc1ccco1)N1CCC(n2c(-c3cccs3)nc3cccnc32)C1. The topological polar surface area (TPSA) is 76.2 Å². The summed E-state index contributed by atoms with van der Waals surface area (Å²) in [6, 6.07) is 11.7. The zero-order valence-electron chi connectivity index (χ0n) is 15.1. The maximum Gasteiger partial charge on any atom is 0.317 e. The monoisotopic (exact) mass is 393 g/mol. The van der Waals surface area contributed by atoms with Crippen LogP contribution in [0.1, 0.15) is 18.2 Å². The zero-order chi connectivity index (χ0) is 18.9. The molecule has 0 radical (unpaired) electrons. The van der Waals surface area contributed by atoms with Gasteiger partial charge in [-0.2, -0.15) is 0 Å². The average Bonchev–Trinajstić information content (AvgIpc) is 3.51. The van der Waals surface area contributed by atoms with Gasteiger partial charge in [0.2, 0.25) is 0 Å². The Morgan fingerprint density at radius 3 is 3.07 bits per heavy atom. The fourth-order valence-electron chi connectivity index (χ4n) is 3.68. The molecule has 1 fully saturated rings. The van der Waals surface area contributed by atoms with E-state index in [1.807, 2.05) is 35.2 Å². The molecule has 5 rings (SSSR count). The number of pyridine rings is 1. The Kier molecular flexibility index (Phi) is 4.32. The standard InChI is InChI=1S/C20H19N5O2S/c26-20(22-12-15-4-2-10-27-15)24-9-7-14(13-24)25-18-16(5-1-8-21-18)23-19(25)17-6-3-11-28-17/h1-6,8,10-11,14H,7,9,12-13H2,(H,22,26). The lowest BCUT2D eigenvalue weighted by molar-refractivity contribution is 0.206. The van der Waals surface area contributed by atoms with Crippen molar-refractivity contribution in [1.82, 2.24) is 24.8 Å². The summed E-state index contributed by atoms with van der Waals surface area (Å²) >= 11 is 1.66. The number of carbonyl (C=O) groups is 1. The average molecular weight is 393 g/mol. The molecule has 2 amide bonds. The molecule has 1 unspecified atom stereocenters. The van der Waals surface area contributed by atoms with Gasteiger partial charge in [0.05, 0.1) is 23.7 Å². The van der Waals surface area contributed by atoms with E-state index < -0.39 is 0 Å². The number of fused-ring (bicyclic) bond motifs is 1. The lowest BCUT2D eigenvalue weighted by Crippen LogP contribution is -2.38. The van der Waals surface area contributed by atoms with Crippen molar-refractivity contribution in [2.24, 2.45) is 0 Å². The third kappa shape index (κ3) is 3.05. The lowest BCUT2D eigenvalue weighted by Gasteiger charge is -2.18. The molecule has 4 aromatic rings. The van der Waals surface area contributed by atoms with E-state index in [2.05, 4.69) is 26.3 Å². The predicted molar refractivity (Wildman–Crippen MR) is 107 cm³/mol. The first-order chi connectivity index (χ1) is 13.8. The summed E-state index contributed by atoms with van der Waals surface area (Å²) in [6.07, 6.45) is 4.27. The number of hydrogen-bond acceptors (Lipinski definition) is 5. The third-order valence-corrected chi connectivity index (χ3v) is 5.87. The largest absolute Gasteiger partial charge is 0.467 e. The van der Waals surface area contributed by atoms with Crippen molar-refractivity contribution in [1.29, 1.82) is 0 Å². The highest BCUT2D eigenvalue weighted by molar-refractivity contribution is 7.13. The maximum atomic E-state index is 12.6. The number of amides is 2. The number of nitrogens with zero attached hydrogens (tertiary/aromatic N) is 4. The number of urea groups is 1. The van der Waals surface area contributed by atoms with Crippen LogP contribution in [-0.4, -0.2) is 38.6 Å². The number of imidazole rings is 1. The van der Waals surface area contributed by atoms with Crippen molar-refractivity contribution in [3.63, 3.8) is 0 Å². The van der Waals surface area contributed by atoms with Crippen molar-refractivity contribution < 1.29 is 9.21 Å². The quantitative estimate of drug-likeness (QED) is 0.570. The summed E-state index contributed by atoms with van der Waals surface area (Å²) in [5.74, 6) is 1.67. The number of furan rings is 1. The molecule has 0 aliphatic carbocycles. The molecular formula is C20H19N5O2S. The van der Waals surface area contributed by atoms with Crippen LogP contribution < -0.4 is 5.32 Å². The molecule has 0 bridgehead atoms. The number of likely N-dealkylation sites (tertiary alicyclic amines) is 1. The van der Waals surface area contributed by atoms with E-state index in [-0.39, 0.29) is 12.1 Å². The lowest BCUT2D eigenvalue weighted by atomic mass is 10.2. The molecule has 1 saturated heterocycles. The first-order valence-corrected chi connectivity index (χ1v) is 10.1. The molecule has 1 N–H and O–H groups in total. The molecule has 1 aliphatic heterocycles. The third-order valence-electron chi connectivity index (χ3n) is 5.00. The van der Waals surface area contributed by atoms with E-state index in [0.29, 0.717) is 19.6 Å². The van der Waals surface area contributed by atoms with E-state index in [1.54, 1.807) is 23.8 Å². The van der Waals surface area contributed by atoms with Crippen molar-refractivity contribution in [3.8, 4) is 10.7 Å². The van der Waals surface area contributed by atoms with Crippen molar-refractivity contribution in [2.45, 2.75) is 19.0 Å². The van der Waals surface area contributed by atoms with Gasteiger partial charge >= 0.3 is 6.03 Å². The number of thiophene rings is 1. The molecule has 1 aliphatic rings. The summed E-state index contributed by atoms with van der Waals surface area (Å²) in [4.78, 5) is 24.9. The Balaban J connectivity index is 1.39. The van der Waals surface area contributed by atoms with E-state index in [1.165, 1.54) is 0 Å². The smallest absolute Gasteiger partial charge is 0.317 e. The zero-order valence-corrected chi connectivity index (χ0v) is 15.9. The van der Waals surface area contributed by atoms with Crippen LogP contribution in [0, 0.1) is 0 Å². The van der Waals surface area contributed by atoms with Crippen LogP contribution in [-0.2, 0) is 6.54 Å². The highest BCUT2D eigenvalue weighted by Crippen LogP contribution is 2.33. The first-order valence-electron chi connectivity index (χ1n) is 9.21. The van der Waals surface area contributed by atoms with Gasteiger partial charge in [-0.1, -0.05) is 6.07 Å². The van der Waals surface area contributed by atoms with Gasteiger partial charge in [0.15, 0.2) is 11.5 Å². The van der Waals surface area contributed by atoms with Gasteiger partial charge in [-0.05, 0) is 42.1 Å². The van der Waals surface area contributed by atoms with Crippen LogP contribution in [0.2, 0.25) is 0 Å². The van der Waals surface area contributed by atoms with Crippen LogP contribution in [0.25, 0.3) is 21.9 Å². The summed E-state index contributed by atoms with van der Waals surface area (Å²) in [5, 5.41) is 4.98. The van der Waals surface area contributed by atoms with Gasteiger partial charge in [-0.15, -0.1) is 11.3 Å². The fraction of sp³-hybridized carbons (Fsp3) is 0.250. The van der Waals surface area contributed by atoms with Crippen LogP contribution in [0.15, 0.2) is 58.7 Å². The summed E-state index contributed by atoms with van der Waals surface area (Å²) in [7, 11) is 0. The number of carbonyl (C=O) groups excluding carboxylic acids is 1. The van der Waals surface area contributed by atoms with Gasteiger partial charge in [-0.25, -0.2) is 14.8 Å². The van der Waals surface area contributed by atoms with E-state index >= 15 is 0 Å². The molecule has 0 aromatic carbocycles. The van der Waals surface area contributed by atoms with Gasteiger partial charge < -0.3 is 19.2 Å². The fourth-order valence-corrected chi connectivity index (χ4v) is 4.39. The van der Waals surface area contributed by atoms with Crippen molar-refractivity contribution >= 4 is 28.5 Å². The van der Waals surface area contributed by atoms with Crippen LogP contribution in [0.5, 0.6) is 0 Å². The molecule has 7 nitrogen and oxygen atoms in total. The van der Waals surface area contributed by atoms with Gasteiger partial charge in [0.1, 0.15) is 11.3 Å². The van der Waals surface area contributed by atoms with Crippen molar-refractivity contribution in [2.75, 3.05) is 13.1 Å². The minimum atomic E-state index is -0.0750. The normalized spacial score (nSPS) is 16.7. The number of aromatic nitrogens is 3. The Bertz CT molecular complexity index is 1090. The number of nitrogens with one attached hydrogen (secondary N) is 1. The molecule has 142 valence electrons. The highest BCUT2D eigenvalue weighted by atomic mass is 32.1. The summed E-state index contributed by atoms with van der Waals surface area (Å²) in [5.41, 5.74) is 1.75. The second kappa shape index (κ2) is 7.12. The highest BCUT2D eigenvalue weighted by Gasteiger charge is 2.31. The van der Waals surface area contributed by atoms with Gasteiger partial charge in [-0.3, -0.25) is 0 Å². The predicted octanol–water partition coefficient (Wildman–Crippen LogP) is 3.91. The minimum absolute atomic E-state index is 0.0750. The van der Waals surface area contributed by atoms with E-state index in [0.717, 1.165) is 34.0 Å². The number of rotatable bonds is 4. The molecule has 4 aromatic heterocycles. The van der Waals surface area contributed by atoms with E-state index in [9.17, 15) is 4.79 Å². The Labute approximate surface area is 165 Å². The van der Waals surface area contributed by atoms with Gasteiger partial charge in [0, 0.05) is 19.3 Å². The molecule has 0 saturated carbocycles. The number of hydrogen-bond donors (Lipinski definition) is 1. The van der Waals surface area contributed by atoms with Crippen molar-refractivity contribution in [3.05, 3.63) is 60.0 Å². The van der Waals surface area contributed by atoms with Gasteiger partial charge in [0.25, 0.3) is 0 Å². The maximum absolute atomic E-state index is 12.6. The first kappa shape index (κ1) is 17.0. The van der Waals surface area contributed by atoms with Crippen LogP contribution in [0.4, 0.5) is 4.79 Å². The molecular weight excluding hydrogens is 374 g/mol. The minimum Gasteiger partial charge on any atom is -0.467 e. The molecule has 0 spiro atoms.